The number of hydrogen-bond acceptors (Lipinski definition) is 0. The Labute approximate surface area is 124 Å². The molecule has 104 valence electrons. The number of rotatable bonds is 3. The van der Waals surface area contributed by atoms with Crippen molar-refractivity contribution in [1.29, 1.82) is 0 Å². The average molecular weight is 282 g/mol. The molecule has 20 heavy (non-hydrogen) atoms. The molecule has 0 aliphatic heterocycles. The van der Waals surface area contributed by atoms with Crippen molar-refractivity contribution >= 4 is 13.9 Å². The van der Waals surface area contributed by atoms with Gasteiger partial charge >= 0.3 is 0 Å². The molecule has 0 spiro atoms. The van der Waals surface area contributed by atoms with Crippen LogP contribution in [0.15, 0.2) is 48.5 Å². The summed E-state index contributed by atoms with van der Waals surface area (Å²) in [6.45, 7) is 2.22. The molecular weight excluding hydrogens is 259 g/mol. The average Bonchev–Trinajstić information content (AvgIpc) is 2.50. The standard InChI is InChI=1S/C19H23P/c1-15-9-5-6-12-17(15)18-13-7-8-14-19(18)20-16-10-3-2-4-11-16/h5-9,12-14,16,20H,2-4,10-11H2,1H3. The molecule has 0 bridgehead atoms. The smallest absolute Gasteiger partial charge is 0.0107 e. The highest BCUT2D eigenvalue weighted by Gasteiger charge is 2.16. The minimum Gasteiger partial charge on any atom is -0.0865 e. The quantitative estimate of drug-likeness (QED) is 0.670. The zero-order chi connectivity index (χ0) is 13.8. The monoisotopic (exact) mass is 282 g/mol. The Kier molecular flexibility index (Phi) is 4.53. The maximum absolute atomic E-state index is 2.34. The highest BCUT2D eigenvalue weighted by Crippen LogP contribution is 2.35. The summed E-state index contributed by atoms with van der Waals surface area (Å²) < 4.78 is 0. The van der Waals surface area contributed by atoms with Crippen molar-refractivity contribution in [3.63, 3.8) is 0 Å². The first-order chi connectivity index (χ1) is 9.84. The second-order valence-corrected chi connectivity index (χ2v) is 7.48. The number of hydrogen-bond donors (Lipinski definition) is 0. The Morgan fingerprint density at radius 1 is 0.800 bits per heavy atom. The molecule has 3 rings (SSSR count). The summed E-state index contributed by atoms with van der Waals surface area (Å²) in [5.74, 6) is 0. The normalized spacial score (nSPS) is 16.9. The highest BCUT2D eigenvalue weighted by molar-refractivity contribution is 7.48. The van der Waals surface area contributed by atoms with Crippen molar-refractivity contribution < 1.29 is 0 Å². The lowest BCUT2D eigenvalue weighted by atomic mass is 10.0. The summed E-state index contributed by atoms with van der Waals surface area (Å²) in [4.78, 5) is 0. The van der Waals surface area contributed by atoms with Gasteiger partial charge in [-0.3, -0.25) is 0 Å². The molecule has 1 saturated carbocycles. The van der Waals surface area contributed by atoms with Crippen molar-refractivity contribution in [3.8, 4) is 11.1 Å². The lowest BCUT2D eigenvalue weighted by Crippen LogP contribution is -2.12. The Hall–Kier alpha value is -1.13. The zero-order valence-corrected chi connectivity index (χ0v) is 13.2. The van der Waals surface area contributed by atoms with Gasteiger partial charge in [-0.2, -0.15) is 0 Å². The van der Waals surface area contributed by atoms with Gasteiger partial charge in [-0.25, -0.2) is 0 Å². The molecule has 1 heteroatoms. The molecule has 0 radical (unpaired) electrons. The fourth-order valence-corrected chi connectivity index (χ4v) is 4.89. The summed E-state index contributed by atoms with van der Waals surface area (Å²) in [5, 5.41) is 1.56. The van der Waals surface area contributed by atoms with Crippen molar-refractivity contribution in [2.75, 3.05) is 0 Å². The van der Waals surface area contributed by atoms with E-state index in [1.807, 2.05) is 0 Å². The third-order valence-corrected chi connectivity index (χ3v) is 6.06. The Balaban J connectivity index is 1.90. The molecule has 0 heterocycles. The van der Waals surface area contributed by atoms with E-state index in [2.05, 4.69) is 55.5 Å². The first-order valence-electron chi connectivity index (χ1n) is 7.76. The lowest BCUT2D eigenvalue weighted by Gasteiger charge is -2.23. The van der Waals surface area contributed by atoms with Gasteiger partial charge in [-0.15, -0.1) is 0 Å². The SMILES string of the molecule is Cc1ccccc1-c1ccccc1PC1CCCCC1. The van der Waals surface area contributed by atoms with Gasteiger partial charge in [-0.05, 0) is 47.4 Å². The van der Waals surface area contributed by atoms with Crippen molar-refractivity contribution in [1.82, 2.24) is 0 Å². The summed E-state index contributed by atoms with van der Waals surface area (Å²) in [6, 6.07) is 17.8. The zero-order valence-electron chi connectivity index (χ0n) is 12.2. The van der Waals surface area contributed by atoms with Gasteiger partial charge in [0.15, 0.2) is 0 Å². The van der Waals surface area contributed by atoms with E-state index in [9.17, 15) is 0 Å². The van der Waals surface area contributed by atoms with Gasteiger partial charge in [0.1, 0.15) is 0 Å². The molecule has 1 unspecified atom stereocenters. The third kappa shape index (κ3) is 3.13. The Morgan fingerprint density at radius 2 is 1.45 bits per heavy atom. The predicted octanol–water partition coefficient (Wildman–Crippen LogP) is 5.30. The fourth-order valence-electron chi connectivity index (χ4n) is 3.19. The predicted molar refractivity (Wildman–Crippen MR) is 91.4 cm³/mol. The van der Waals surface area contributed by atoms with E-state index in [-0.39, 0.29) is 0 Å². The third-order valence-electron chi connectivity index (χ3n) is 4.33. The number of aryl methyl sites for hydroxylation is 1. The fraction of sp³-hybridized carbons (Fsp3) is 0.368. The van der Waals surface area contributed by atoms with Gasteiger partial charge < -0.3 is 0 Å². The van der Waals surface area contributed by atoms with Crippen molar-refractivity contribution in [2.45, 2.75) is 44.7 Å². The van der Waals surface area contributed by atoms with E-state index >= 15 is 0 Å². The first-order valence-corrected chi connectivity index (χ1v) is 8.84. The van der Waals surface area contributed by atoms with Gasteiger partial charge in [0.05, 0.1) is 0 Å². The molecule has 2 aromatic carbocycles. The first kappa shape index (κ1) is 13.8. The molecule has 2 aromatic rings. The second kappa shape index (κ2) is 6.55. The highest BCUT2D eigenvalue weighted by atomic mass is 31.1. The molecule has 0 aromatic heterocycles. The van der Waals surface area contributed by atoms with Crippen LogP contribution in [-0.4, -0.2) is 5.66 Å². The summed E-state index contributed by atoms with van der Waals surface area (Å²) in [6.07, 6.45) is 7.18. The molecule has 1 atom stereocenters. The van der Waals surface area contributed by atoms with E-state index in [1.54, 1.807) is 5.30 Å². The molecule has 0 N–H and O–H groups in total. The van der Waals surface area contributed by atoms with Crippen molar-refractivity contribution in [2.24, 2.45) is 0 Å². The van der Waals surface area contributed by atoms with Crippen LogP contribution < -0.4 is 5.30 Å². The van der Waals surface area contributed by atoms with Gasteiger partial charge in [0.2, 0.25) is 0 Å². The molecule has 0 saturated heterocycles. The largest absolute Gasteiger partial charge is 0.0865 e. The number of benzene rings is 2. The molecule has 1 aliphatic carbocycles. The minimum absolute atomic E-state index is 0.925. The van der Waals surface area contributed by atoms with E-state index < -0.39 is 0 Å². The molecule has 0 nitrogen and oxygen atoms in total. The van der Waals surface area contributed by atoms with Gasteiger partial charge in [-0.1, -0.05) is 76.4 Å². The van der Waals surface area contributed by atoms with Crippen LogP contribution in [-0.2, 0) is 0 Å². The summed E-state index contributed by atoms with van der Waals surface area (Å²) in [7, 11) is 0.974. The second-order valence-electron chi connectivity index (χ2n) is 5.84. The Morgan fingerprint density at radius 3 is 2.20 bits per heavy atom. The minimum atomic E-state index is 0.925. The van der Waals surface area contributed by atoms with Crippen LogP contribution in [0.4, 0.5) is 0 Å². The van der Waals surface area contributed by atoms with Crippen LogP contribution in [0.5, 0.6) is 0 Å². The van der Waals surface area contributed by atoms with Crippen LogP contribution in [0.1, 0.15) is 37.7 Å². The van der Waals surface area contributed by atoms with Gasteiger partial charge in [0, 0.05) is 0 Å². The molecule has 1 aliphatic rings. The molecule has 0 amide bonds. The van der Waals surface area contributed by atoms with E-state index in [1.165, 1.54) is 48.8 Å². The van der Waals surface area contributed by atoms with Crippen molar-refractivity contribution in [3.05, 3.63) is 54.1 Å². The molecular formula is C19H23P. The van der Waals surface area contributed by atoms with Gasteiger partial charge in [0.25, 0.3) is 0 Å². The van der Waals surface area contributed by atoms with Crippen LogP contribution >= 0.6 is 8.58 Å². The van der Waals surface area contributed by atoms with E-state index in [4.69, 9.17) is 0 Å². The topological polar surface area (TPSA) is 0 Å². The van der Waals surface area contributed by atoms with Crippen LogP contribution in [0.25, 0.3) is 11.1 Å². The van der Waals surface area contributed by atoms with E-state index in [0.29, 0.717) is 0 Å². The Bertz CT molecular complexity index is 567. The van der Waals surface area contributed by atoms with Crippen LogP contribution in [0.3, 0.4) is 0 Å². The summed E-state index contributed by atoms with van der Waals surface area (Å²) in [5.41, 5.74) is 5.17. The maximum atomic E-state index is 2.34. The van der Waals surface area contributed by atoms with Crippen LogP contribution in [0.2, 0.25) is 0 Å². The van der Waals surface area contributed by atoms with Crippen LogP contribution in [0, 0.1) is 6.92 Å². The van der Waals surface area contributed by atoms with E-state index in [0.717, 1.165) is 14.2 Å². The molecule has 1 fully saturated rings. The lowest BCUT2D eigenvalue weighted by molar-refractivity contribution is 0.514. The maximum Gasteiger partial charge on any atom is -0.0107 e. The summed E-state index contributed by atoms with van der Waals surface area (Å²) >= 11 is 0.